The van der Waals surface area contributed by atoms with Crippen LogP contribution in [-0.2, 0) is 9.53 Å². The molecule has 1 amide bonds. The lowest BCUT2D eigenvalue weighted by Crippen LogP contribution is -2.57. The fraction of sp³-hybridized carbons (Fsp3) is 0.500. The summed E-state index contributed by atoms with van der Waals surface area (Å²) in [5.74, 6) is -0.328. The zero-order valence-electron chi connectivity index (χ0n) is 11.2. The van der Waals surface area contributed by atoms with E-state index in [9.17, 15) is 4.79 Å². The van der Waals surface area contributed by atoms with E-state index in [1.165, 1.54) is 0 Å². The van der Waals surface area contributed by atoms with Crippen molar-refractivity contribution in [3.63, 3.8) is 0 Å². The van der Waals surface area contributed by atoms with Gasteiger partial charge in [0, 0.05) is 23.0 Å². The monoisotopic (exact) mass is 326 g/mol. The van der Waals surface area contributed by atoms with Crippen molar-refractivity contribution in [1.82, 2.24) is 0 Å². The summed E-state index contributed by atoms with van der Waals surface area (Å²) in [6, 6.07) is 7.72. The number of hydrogen-bond acceptors (Lipinski definition) is 3. The largest absolute Gasteiger partial charge is 0.375 e. The van der Waals surface area contributed by atoms with Crippen LogP contribution in [0.25, 0.3) is 0 Å². The maximum Gasteiger partial charge on any atom is 0.243 e. The number of nitrogens with one attached hydrogen (secondary N) is 1. The van der Waals surface area contributed by atoms with Crippen molar-refractivity contribution in [2.24, 2.45) is 5.73 Å². The van der Waals surface area contributed by atoms with E-state index in [4.69, 9.17) is 10.5 Å². The second-order valence-electron chi connectivity index (χ2n) is 5.22. The van der Waals surface area contributed by atoms with E-state index in [2.05, 4.69) is 21.2 Å². The van der Waals surface area contributed by atoms with Gasteiger partial charge in [0.1, 0.15) is 5.54 Å². The van der Waals surface area contributed by atoms with E-state index in [0.717, 1.165) is 10.2 Å². The van der Waals surface area contributed by atoms with E-state index in [-0.39, 0.29) is 18.1 Å². The van der Waals surface area contributed by atoms with Crippen LogP contribution in [-0.4, -0.2) is 23.7 Å². The first kappa shape index (κ1) is 14.3. The lowest BCUT2D eigenvalue weighted by atomic mass is 9.83. The van der Waals surface area contributed by atoms with Gasteiger partial charge in [-0.1, -0.05) is 12.1 Å². The molecule has 0 bridgehead atoms. The maximum atomic E-state index is 12.0. The van der Waals surface area contributed by atoms with Crippen LogP contribution in [0.15, 0.2) is 28.7 Å². The summed E-state index contributed by atoms with van der Waals surface area (Å²) in [5.41, 5.74) is 5.78. The Morgan fingerprint density at radius 1 is 1.37 bits per heavy atom. The standard InChI is InChI=1S/C14H19BrN2O2/c1-9-7-14(13(16)18,8-10(2)19-9)17-12-6-4-3-5-11(12)15/h3-6,9-10,17H,7-8H2,1-2H3,(H2,16,18). The van der Waals surface area contributed by atoms with Crippen molar-refractivity contribution in [2.45, 2.75) is 44.4 Å². The van der Waals surface area contributed by atoms with Gasteiger partial charge in [-0.2, -0.15) is 0 Å². The summed E-state index contributed by atoms with van der Waals surface area (Å²) < 4.78 is 6.62. The first-order valence-corrected chi connectivity index (χ1v) is 7.20. The van der Waals surface area contributed by atoms with E-state index in [1.54, 1.807) is 0 Å². The highest BCUT2D eigenvalue weighted by Gasteiger charge is 2.43. The molecule has 0 radical (unpaired) electrons. The molecular weight excluding hydrogens is 308 g/mol. The van der Waals surface area contributed by atoms with Gasteiger partial charge in [0.2, 0.25) is 5.91 Å². The summed E-state index contributed by atoms with van der Waals surface area (Å²) in [5, 5.41) is 3.32. The average Bonchev–Trinajstić information content (AvgIpc) is 2.30. The molecule has 2 atom stereocenters. The number of halogens is 1. The number of nitrogens with two attached hydrogens (primary N) is 1. The zero-order chi connectivity index (χ0) is 14.0. The van der Waals surface area contributed by atoms with Gasteiger partial charge in [-0.15, -0.1) is 0 Å². The van der Waals surface area contributed by atoms with Crippen molar-refractivity contribution in [2.75, 3.05) is 5.32 Å². The summed E-state index contributed by atoms with van der Waals surface area (Å²) in [4.78, 5) is 12.0. The molecule has 1 saturated heterocycles. The Balaban J connectivity index is 2.30. The van der Waals surface area contributed by atoms with Gasteiger partial charge >= 0.3 is 0 Å². The molecule has 0 aliphatic carbocycles. The van der Waals surface area contributed by atoms with Crippen LogP contribution >= 0.6 is 15.9 Å². The number of amides is 1. The van der Waals surface area contributed by atoms with Gasteiger partial charge in [0.25, 0.3) is 0 Å². The highest BCUT2D eigenvalue weighted by Crippen LogP contribution is 2.34. The first-order valence-electron chi connectivity index (χ1n) is 6.41. The van der Waals surface area contributed by atoms with Crippen molar-refractivity contribution < 1.29 is 9.53 Å². The Kier molecular flexibility index (Phi) is 4.16. The Bertz CT molecular complexity index is 468. The van der Waals surface area contributed by atoms with Gasteiger partial charge < -0.3 is 15.8 Å². The Morgan fingerprint density at radius 3 is 2.47 bits per heavy atom. The SMILES string of the molecule is CC1CC(Nc2ccccc2Br)(C(N)=O)CC(C)O1. The molecule has 1 aromatic rings. The molecule has 1 fully saturated rings. The molecule has 1 aliphatic heterocycles. The molecule has 2 rings (SSSR count). The molecule has 0 spiro atoms. The number of anilines is 1. The fourth-order valence-corrected chi connectivity index (χ4v) is 3.13. The Hall–Kier alpha value is -1.07. The zero-order valence-corrected chi connectivity index (χ0v) is 12.7. The van der Waals surface area contributed by atoms with E-state index >= 15 is 0 Å². The van der Waals surface area contributed by atoms with Crippen LogP contribution in [0.3, 0.4) is 0 Å². The topological polar surface area (TPSA) is 64.3 Å². The van der Waals surface area contributed by atoms with E-state index < -0.39 is 5.54 Å². The second-order valence-corrected chi connectivity index (χ2v) is 6.07. The minimum Gasteiger partial charge on any atom is -0.375 e. The number of para-hydroxylation sites is 1. The Labute approximate surface area is 121 Å². The number of rotatable bonds is 3. The highest BCUT2D eigenvalue weighted by atomic mass is 79.9. The van der Waals surface area contributed by atoms with Crippen LogP contribution < -0.4 is 11.1 Å². The van der Waals surface area contributed by atoms with Crippen LogP contribution in [0, 0.1) is 0 Å². The molecule has 104 valence electrons. The molecule has 4 nitrogen and oxygen atoms in total. The Morgan fingerprint density at radius 2 is 1.95 bits per heavy atom. The summed E-state index contributed by atoms with van der Waals surface area (Å²) in [6.45, 7) is 3.93. The summed E-state index contributed by atoms with van der Waals surface area (Å²) in [6.07, 6.45) is 1.17. The molecule has 1 aromatic carbocycles. The molecule has 1 aliphatic rings. The summed E-state index contributed by atoms with van der Waals surface area (Å²) >= 11 is 3.48. The first-order chi connectivity index (χ1) is 8.93. The smallest absolute Gasteiger partial charge is 0.243 e. The summed E-state index contributed by atoms with van der Waals surface area (Å²) in [7, 11) is 0. The lowest BCUT2D eigenvalue weighted by Gasteiger charge is -2.42. The van der Waals surface area contributed by atoms with E-state index in [0.29, 0.717) is 12.8 Å². The lowest BCUT2D eigenvalue weighted by molar-refractivity contribution is -0.131. The van der Waals surface area contributed by atoms with Crippen LogP contribution in [0.4, 0.5) is 5.69 Å². The normalized spacial score (nSPS) is 30.9. The molecule has 2 unspecified atom stereocenters. The third kappa shape index (κ3) is 3.09. The predicted octanol–water partition coefficient (Wildman–Crippen LogP) is 2.67. The minimum atomic E-state index is -0.749. The molecule has 19 heavy (non-hydrogen) atoms. The molecule has 0 saturated carbocycles. The van der Waals surface area contributed by atoms with Crippen LogP contribution in [0.1, 0.15) is 26.7 Å². The number of benzene rings is 1. The fourth-order valence-electron chi connectivity index (χ4n) is 2.74. The quantitative estimate of drug-likeness (QED) is 0.897. The second kappa shape index (κ2) is 5.51. The number of carbonyl (C=O) groups is 1. The van der Waals surface area contributed by atoms with Crippen LogP contribution in [0.2, 0.25) is 0 Å². The molecule has 0 aromatic heterocycles. The molecule has 5 heteroatoms. The number of hydrogen-bond donors (Lipinski definition) is 2. The van der Waals surface area contributed by atoms with Crippen LogP contribution in [0.5, 0.6) is 0 Å². The number of primary amides is 1. The van der Waals surface area contributed by atoms with Gasteiger partial charge in [-0.25, -0.2) is 0 Å². The molecule has 1 heterocycles. The minimum absolute atomic E-state index is 0.00578. The molecule has 3 N–H and O–H groups in total. The predicted molar refractivity (Wildman–Crippen MR) is 78.9 cm³/mol. The van der Waals surface area contributed by atoms with Crippen molar-refractivity contribution in [3.8, 4) is 0 Å². The van der Waals surface area contributed by atoms with Crippen molar-refractivity contribution in [3.05, 3.63) is 28.7 Å². The maximum absolute atomic E-state index is 12.0. The number of carbonyl (C=O) groups excluding carboxylic acids is 1. The third-order valence-corrected chi connectivity index (χ3v) is 4.15. The van der Waals surface area contributed by atoms with Gasteiger partial charge in [-0.3, -0.25) is 4.79 Å². The molecular formula is C14H19BrN2O2. The van der Waals surface area contributed by atoms with E-state index in [1.807, 2.05) is 38.1 Å². The number of ether oxygens (including phenoxy) is 1. The third-order valence-electron chi connectivity index (χ3n) is 3.46. The van der Waals surface area contributed by atoms with Crippen molar-refractivity contribution >= 4 is 27.5 Å². The highest BCUT2D eigenvalue weighted by molar-refractivity contribution is 9.10. The average molecular weight is 327 g/mol. The van der Waals surface area contributed by atoms with Gasteiger partial charge in [0.15, 0.2) is 0 Å². The van der Waals surface area contributed by atoms with Crippen molar-refractivity contribution in [1.29, 1.82) is 0 Å². The van der Waals surface area contributed by atoms with Gasteiger partial charge in [-0.05, 0) is 41.9 Å². The van der Waals surface area contributed by atoms with Gasteiger partial charge in [0.05, 0.1) is 12.2 Å².